The highest BCUT2D eigenvalue weighted by molar-refractivity contribution is 5.92. The molecule has 0 radical (unpaired) electrons. The first-order chi connectivity index (χ1) is 53.3. The van der Waals surface area contributed by atoms with Gasteiger partial charge in [0.1, 0.15) is 34.8 Å². The van der Waals surface area contributed by atoms with Gasteiger partial charge < -0.3 is 38.6 Å². The lowest BCUT2D eigenvalue weighted by molar-refractivity contribution is -0.118. The second-order valence-corrected chi connectivity index (χ2v) is 24.7. The Hall–Kier alpha value is -14.4. The van der Waals surface area contributed by atoms with Crippen LogP contribution >= 0.6 is 0 Å². The molecule has 10 heterocycles. The van der Waals surface area contributed by atoms with Crippen LogP contribution in [0, 0.1) is 0 Å². The van der Waals surface area contributed by atoms with Crippen molar-refractivity contribution < 1.29 is 48.1 Å². The average molecular weight is 1440 g/mol. The minimum absolute atomic E-state index is 0.139. The molecule has 6 aromatic carbocycles. The number of Topliss-reactive ketones (excluding diaryl/α,β-unsaturated/α-hetero) is 1. The van der Waals surface area contributed by atoms with Crippen molar-refractivity contribution in [3.8, 4) is 66.8 Å². The molecule has 540 valence electrons. The fraction of sp³-hybridized carbons (Fsp3) is 0.0909. The summed E-state index contributed by atoms with van der Waals surface area (Å²) in [6.45, 7) is 0.282. The number of nitrogens with zero attached hydrogens (tertiary/aromatic N) is 10. The molecule has 0 unspecified atom stereocenters. The smallest absolute Gasteiger partial charge is 0.356 e. The number of aryl methyl sites for hydroxylation is 1. The molecule has 21 nitrogen and oxygen atoms in total. The lowest BCUT2D eigenvalue weighted by atomic mass is 10.0. The summed E-state index contributed by atoms with van der Waals surface area (Å²) in [5.41, 5.74) is 25.7. The van der Waals surface area contributed by atoms with Gasteiger partial charge in [-0.15, -0.1) is 0 Å². The van der Waals surface area contributed by atoms with E-state index < -0.39 is 17.9 Å². The molecule has 0 aliphatic rings. The maximum Gasteiger partial charge on any atom is 0.356 e. The molecule has 0 fully saturated rings. The largest absolute Gasteiger partial charge is 0.477 e. The summed E-state index contributed by atoms with van der Waals surface area (Å²) in [4.78, 5) is 95.2. The number of carboxylic acids is 1. The van der Waals surface area contributed by atoms with Crippen LogP contribution in [0.5, 0.6) is 0 Å². The molecule has 3 N–H and O–H groups in total. The summed E-state index contributed by atoms with van der Waals surface area (Å²) < 4.78 is 21.5. The number of carboxylic acid groups (broad SMARTS) is 1. The van der Waals surface area contributed by atoms with Crippen molar-refractivity contribution in [1.29, 1.82) is 0 Å². The van der Waals surface area contributed by atoms with E-state index in [0.29, 0.717) is 42.8 Å². The van der Waals surface area contributed by atoms with E-state index in [1.807, 2.05) is 209 Å². The van der Waals surface area contributed by atoms with Crippen LogP contribution in [0.25, 0.3) is 88.8 Å². The molecule has 0 amide bonds. The molecular formula is C88H73N11O10. The van der Waals surface area contributed by atoms with Gasteiger partial charge in [0.2, 0.25) is 0 Å². The number of hydrogen-bond donors (Lipinski definition) is 2. The number of benzene rings is 6. The number of ether oxygens (including phenoxy) is 3. The number of carbonyl (C=O) groups excluding carboxylic acids is 5. The van der Waals surface area contributed by atoms with Gasteiger partial charge in [-0.25, -0.2) is 49.1 Å². The first-order valence-corrected chi connectivity index (χ1v) is 34.6. The molecule has 109 heavy (non-hydrogen) atoms. The van der Waals surface area contributed by atoms with Gasteiger partial charge in [0, 0.05) is 42.9 Å². The fourth-order valence-corrected chi connectivity index (χ4v) is 12.2. The van der Waals surface area contributed by atoms with Crippen molar-refractivity contribution >= 4 is 58.0 Å². The average Bonchev–Trinajstić information content (AvgIpc) is 1.70. The van der Waals surface area contributed by atoms with Gasteiger partial charge in [-0.1, -0.05) is 182 Å². The van der Waals surface area contributed by atoms with Crippen LogP contribution in [0.4, 0.5) is 0 Å². The minimum atomic E-state index is -0.962. The summed E-state index contributed by atoms with van der Waals surface area (Å²) in [6, 6.07) is 82.5. The minimum Gasteiger partial charge on any atom is -0.477 e. The number of aldehydes is 1. The molecule has 0 atom stereocenters. The highest BCUT2D eigenvalue weighted by Crippen LogP contribution is 2.30. The number of hydrogen-bond acceptors (Lipinski definition) is 16. The van der Waals surface area contributed by atoms with E-state index in [1.54, 1.807) is 58.4 Å². The summed E-state index contributed by atoms with van der Waals surface area (Å²) in [5.74, 6) is -2.13. The summed E-state index contributed by atoms with van der Waals surface area (Å²) in [7, 11) is 4.03. The summed E-state index contributed by atoms with van der Waals surface area (Å²) >= 11 is 0. The van der Waals surface area contributed by atoms with Crippen LogP contribution in [0.2, 0.25) is 0 Å². The van der Waals surface area contributed by atoms with Crippen molar-refractivity contribution in [3.05, 3.63) is 350 Å². The van der Waals surface area contributed by atoms with E-state index in [1.165, 1.54) is 27.7 Å². The molecule has 0 aliphatic heterocycles. The van der Waals surface area contributed by atoms with Crippen molar-refractivity contribution in [2.75, 3.05) is 21.3 Å². The molecule has 0 saturated carbocycles. The Labute approximate surface area is 626 Å². The SMILES string of the molecule is COC(=O)c1cc(-c2ccccc2)cc(CCC=O)n1.COC(=O)c1cc(-c2ccccc2)cc(CN)n1.COC(=O)c1cc(-c2ccccc2)cc2cncn12.O=C(Cc1cc(-c2ccccc2)cc2cncn12)Cc1cc(-c2ccccc2)cc2cncn12.O=C(O)c1cc(-c2ccccc2)cc2cncn12. The summed E-state index contributed by atoms with van der Waals surface area (Å²) in [6.07, 6.45) is 16.1. The zero-order valence-corrected chi connectivity index (χ0v) is 59.7. The molecule has 10 aromatic heterocycles. The number of ketones is 1. The number of fused-ring (bicyclic) bond motifs is 4. The molecule has 16 rings (SSSR count). The number of aromatic nitrogens is 10. The second kappa shape index (κ2) is 35.8. The van der Waals surface area contributed by atoms with Gasteiger partial charge in [-0.2, -0.15) is 0 Å². The van der Waals surface area contributed by atoms with Gasteiger partial charge >= 0.3 is 23.9 Å². The topological polar surface area (TPSA) is 271 Å². The van der Waals surface area contributed by atoms with Crippen molar-refractivity contribution in [3.63, 3.8) is 0 Å². The van der Waals surface area contributed by atoms with Gasteiger partial charge in [0.25, 0.3) is 0 Å². The molecule has 0 aliphatic carbocycles. The third-order valence-electron chi connectivity index (χ3n) is 17.5. The van der Waals surface area contributed by atoms with Crippen molar-refractivity contribution in [1.82, 2.24) is 47.5 Å². The molecule has 0 spiro atoms. The van der Waals surface area contributed by atoms with E-state index in [9.17, 15) is 33.9 Å². The van der Waals surface area contributed by atoms with Crippen LogP contribution in [-0.4, -0.2) is 110 Å². The van der Waals surface area contributed by atoms with Crippen LogP contribution in [-0.2, 0) is 49.6 Å². The molecule has 16 aromatic rings. The van der Waals surface area contributed by atoms with E-state index in [-0.39, 0.29) is 35.4 Å². The van der Waals surface area contributed by atoms with Gasteiger partial charge in [-0.3, -0.25) is 13.6 Å². The number of carbonyl (C=O) groups is 6. The van der Waals surface area contributed by atoms with E-state index >= 15 is 0 Å². The first kappa shape index (κ1) is 74.3. The van der Waals surface area contributed by atoms with Gasteiger partial charge in [0.15, 0.2) is 0 Å². The number of methoxy groups -OCH3 is 3. The highest BCUT2D eigenvalue weighted by atomic mass is 16.5. The van der Waals surface area contributed by atoms with Crippen molar-refractivity contribution in [2.45, 2.75) is 32.2 Å². The van der Waals surface area contributed by atoms with Gasteiger partial charge in [0.05, 0.1) is 99.2 Å². The fourth-order valence-electron chi connectivity index (χ4n) is 12.2. The Morgan fingerprint density at radius 2 is 0.670 bits per heavy atom. The third-order valence-corrected chi connectivity index (χ3v) is 17.5. The lowest BCUT2D eigenvalue weighted by Gasteiger charge is -2.12. The second-order valence-electron chi connectivity index (χ2n) is 24.7. The quantitative estimate of drug-likeness (QED) is 0.0459. The number of imidazole rings is 4. The summed E-state index contributed by atoms with van der Waals surface area (Å²) in [5, 5.41) is 9.22. The number of esters is 3. The first-order valence-electron chi connectivity index (χ1n) is 34.6. The van der Waals surface area contributed by atoms with E-state index in [4.69, 9.17) is 15.2 Å². The van der Waals surface area contributed by atoms with Crippen LogP contribution in [0.1, 0.15) is 71.2 Å². The van der Waals surface area contributed by atoms with Crippen LogP contribution in [0.3, 0.4) is 0 Å². The molecular weight excluding hydrogens is 1370 g/mol. The number of nitrogens with two attached hydrogens (primary N) is 1. The molecule has 0 bridgehead atoms. The number of rotatable bonds is 18. The maximum atomic E-state index is 13.3. The predicted octanol–water partition coefficient (Wildman–Crippen LogP) is 15.8. The lowest BCUT2D eigenvalue weighted by Crippen LogP contribution is -2.12. The zero-order chi connectivity index (χ0) is 76.0. The van der Waals surface area contributed by atoms with Crippen LogP contribution in [0.15, 0.2) is 305 Å². The normalized spacial score (nSPS) is 10.6. The van der Waals surface area contributed by atoms with Crippen molar-refractivity contribution in [2.24, 2.45) is 5.73 Å². The van der Waals surface area contributed by atoms with Gasteiger partial charge in [-0.05, 0) is 146 Å². The molecule has 0 saturated heterocycles. The Morgan fingerprint density at radius 1 is 0.367 bits per heavy atom. The van der Waals surface area contributed by atoms with E-state index in [0.717, 1.165) is 107 Å². The standard InChI is InChI=1S/C29H22N4O.C16H15NO3.C15H12N2O2.C14H10N2O2.C14H14N2O2/c34-29(15-25-11-23(21-7-3-1-4-8-21)13-27-17-30-19-32(25)27)16-26-12-24(22-9-5-2-6-10-22)14-28-18-31-20-33(26)28;1-20-16(19)15-11-13(12-6-3-2-4-7-12)10-14(17-15)8-5-9-18;1-19-15(18)14-8-12(11-5-3-2-4-6-11)7-13-9-16-10-17(13)14;17-14(18)13-7-11(10-4-2-1-3-5-10)6-12-8-15-9-16(12)13;1-18-14(17)13-8-11(7-12(9-15)16-13)10-5-3-2-4-6-10/h1-14,17-20H,15-16H2;2-4,6-7,9-11H,5,8H2,1H3;2-10H,1H3;1-9H,(H,17,18);2-8H,9,15H2,1H3. The third kappa shape index (κ3) is 18.6. The Bertz CT molecular complexity index is 5710. The number of pyridine rings is 6. The predicted molar refractivity (Wildman–Crippen MR) is 418 cm³/mol. The zero-order valence-electron chi connectivity index (χ0n) is 59.7. The van der Waals surface area contributed by atoms with Crippen LogP contribution < -0.4 is 5.73 Å². The Morgan fingerprint density at radius 3 is 1.01 bits per heavy atom. The maximum absolute atomic E-state index is 13.3. The number of aromatic carboxylic acids is 1. The highest BCUT2D eigenvalue weighted by Gasteiger charge is 2.19. The van der Waals surface area contributed by atoms with E-state index in [2.05, 4.69) is 83.2 Å². The Kier molecular flexibility index (Phi) is 24.4. The Balaban J connectivity index is 0.000000131. The monoisotopic (exact) mass is 1440 g/mol. The molecule has 21 heteroatoms.